The Hall–Kier alpha value is -1.95. The predicted molar refractivity (Wildman–Crippen MR) is 124 cm³/mol. The molecule has 0 atom stereocenters. The van der Waals surface area contributed by atoms with E-state index >= 15 is 0 Å². The van der Waals surface area contributed by atoms with E-state index in [4.69, 9.17) is 4.74 Å². The molecule has 1 saturated heterocycles. The molecule has 0 bridgehead atoms. The lowest BCUT2D eigenvalue weighted by molar-refractivity contribution is -0.118. The number of aromatic nitrogens is 3. The van der Waals surface area contributed by atoms with Gasteiger partial charge in [-0.15, -0.1) is 10.2 Å². The van der Waals surface area contributed by atoms with E-state index in [2.05, 4.69) is 15.5 Å². The van der Waals surface area contributed by atoms with Crippen LogP contribution in [-0.4, -0.2) is 72.0 Å². The highest BCUT2D eigenvalue weighted by Crippen LogP contribution is 2.27. The smallest absolute Gasteiger partial charge is 0.243 e. The maximum absolute atomic E-state index is 12.9. The van der Waals surface area contributed by atoms with Gasteiger partial charge in [0.25, 0.3) is 0 Å². The van der Waals surface area contributed by atoms with Gasteiger partial charge in [-0.25, -0.2) is 8.42 Å². The Kier molecular flexibility index (Phi) is 9.09. The number of rotatable bonds is 12. The number of thioether (sulfide) groups is 1. The fourth-order valence-corrected chi connectivity index (χ4v) is 5.89. The second-order valence-corrected chi connectivity index (χ2v) is 10.3. The molecular formula is C21H31N5O4S2. The van der Waals surface area contributed by atoms with Crippen LogP contribution in [0.3, 0.4) is 0 Å². The maximum atomic E-state index is 12.9. The van der Waals surface area contributed by atoms with Gasteiger partial charge in [0, 0.05) is 45.0 Å². The summed E-state index contributed by atoms with van der Waals surface area (Å²) in [7, 11) is -3.51. The first-order chi connectivity index (χ1) is 15.5. The van der Waals surface area contributed by atoms with E-state index in [1.165, 1.54) is 16.1 Å². The van der Waals surface area contributed by atoms with Crippen LogP contribution in [0.1, 0.15) is 33.1 Å². The van der Waals surface area contributed by atoms with Gasteiger partial charge in [-0.1, -0.05) is 23.9 Å². The number of hydrogen-bond donors (Lipinski definition) is 1. The summed E-state index contributed by atoms with van der Waals surface area (Å²) in [6.45, 7) is 7.51. The number of sulfonamides is 1. The largest absolute Gasteiger partial charge is 0.382 e. The van der Waals surface area contributed by atoms with Gasteiger partial charge in [0.15, 0.2) is 11.0 Å². The Morgan fingerprint density at radius 3 is 2.72 bits per heavy atom. The van der Waals surface area contributed by atoms with Gasteiger partial charge in [0.1, 0.15) is 0 Å². The number of benzene rings is 1. The van der Waals surface area contributed by atoms with Gasteiger partial charge >= 0.3 is 0 Å². The lowest BCUT2D eigenvalue weighted by atomic mass is 10.2. The van der Waals surface area contributed by atoms with Gasteiger partial charge < -0.3 is 14.6 Å². The zero-order valence-electron chi connectivity index (χ0n) is 18.6. The summed E-state index contributed by atoms with van der Waals surface area (Å²) in [6.07, 6.45) is 2.56. The molecule has 11 heteroatoms. The number of amides is 1. The predicted octanol–water partition coefficient (Wildman–Crippen LogP) is 2.38. The summed E-state index contributed by atoms with van der Waals surface area (Å²) < 4.78 is 34.5. The molecule has 1 aromatic heterocycles. The number of carbonyl (C=O) groups excluding carboxylic acids is 1. The first-order valence-corrected chi connectivity index (χ1v) is 13.4. The van der Waals surface area contributed by atoms with Crippen LogP contribution in [0.2, 0.25) is 0 Å². The first kappa shape index (κ1) is 24.7. The van der Waals surface area contributed by atoms with Crippen molar-refractivity contribution < 1.29 is 17.9 Å². The van der Waals surface area contributed by atoms with Gasteiger partial charge in [-0.3, -0.25) is 4.79 Å². The Bertz CT molecular complexity index is 1000. The fourth-order valence-electron chi connectivity index (χ4n) is 3.49. The van der Waals surface area contributed by atoms with Crippen molar-refractivity contribution in [3.63, 3.8) is 0 Å². The Morgan fingerprint density at radius 2 is 2.00 bits per heavy atom. The van der Waals surface area contributed by atoms with E-state index in [1.54, 1.807) is 18.2 Å². The average Bonchev–Trinajstić information content (AvgIpc) is 3.48. The van der Waals surface area contributed by atoms with E-state index in [1.807, 2.05) is 24.5 Å². The van der Waals surface area contributed by atoms with Crippen LogP contribution in [0.25, 0.3) is 11.4 Å². The second kappa shape index (κ2) is 11.8. The molecule has 32 heavy (non-hydrogen) atoms. The minimum Gasteiger partial charge on any atom is -0.382 e. The molecule has 1 amide bonds. The van der Waals surface area contributed by atoms with Crippen molar-refractivity contribution in [1.82, 2.24) is 24.4 Å². The molecular weight excluding hydrogens is 450 g/mol. The molecule has 0 unspecified atom stereocenters. The molecule has 176 valence electrons. The third kappa shape index (κ3) is 6.09. The maximum Gasteiger partial charge on any atom is 0.243 e. The Morgan fingerprint density at radius 1 is 1.22 bits per heavy atom. The van der Waals surface area contributed by atoms with Crippen LogP contribution in [0.15, 0.2) is 34.3 Å². The molecule has 1 N–H and O–H groups in total. The minimum absolute atomic E-state index is 0.0718. The number of carbonyl (C=O) groups is 1. The monoisotopic (exact) mass is 481 g/mol. The van der Waals surface area contributed by atoms with E-state index in [-0.39, 0.29) is 16.6 Å². The van der Waals surface area contributed by atoms with E-state index in [9.17, 15) is 13.2 Å². The number of nitrogens with zero attached hydrogens (tertiary/aromatic N) is 4. The lowest BCUT2D eigenvalue weighted by Crippen LogP contribution is -2.27. The molecule has 1 fully saturated rings. The van der Waals surface area contributed by atoms with E-state index in [0.29, 0.717) is 55.9 Å². The minimum atomic E-state index is -3.51. The molecule has 2 heterocycles. The van der Waals surface area contributed by atoms with E-state index < -0.39 is 10.0 Å². The number of ether oxygens (including phenoxy) is 1. The Balaban J connectivity index is 1.68. The first-order valence-electron chi connectivity index (χ1n) is 11.0. The van der Waals surface area contributed by atoms with Crippen molar-refractivity contribution in [2.75, 3.05) is 38.6 Å². The normalized spacial score (nSPS) is 14.7. The van der Waals surface area contributed by atoms with Gasteiger partial charge in [-0.2, -0.15) is 4.31 Å². The van der Waals surface area contributed by atoms with Crippen LogP contribution in [0.4, 0.5) is 0 Å². The molecule has 9 nitrogen and oxygen atoms in total. The lowest BCUT2D eigenvalue weighted by Gasteiger charge is -2.16. The molecule has 3 rings (SSSR count). The van der Waals surface area contributed by atoms with Gasteiger partial charge in [0.2, 0.25) is 15.9 Å². The van der Waals surface area contributed by atoms with Crippen LogP contribution < -0.4 is 5.32 Å². The highest BCUT2D eigenvalue weighted by molar-refractivity contribution is 7.99. The highest BCUT2D eigenvalue weighted by atomic mass is 32.2. The van der Waals surface area contributed by atoms with Crippen LogP contribution in [0.5, 0.6) is 0 Å². The summed E-state index contributed by atoms with van der Waals surface area (Å²) in [6, 6.07) is 6.84. The Labute approximate surface area is 194 Å². The SMILES string of the molecule is CCOCCCNC(=O)CSc1nnc(-c2cccc(S(=O)(=O)N3CCCC3)c2)n1CC. The van der Waals surface area contributed by atoms with Crippen molar-refractivity contribution in [3.8, 4) is 11.4 Å². The third-order valence-corrected chi connectivity index (χ3v) is 8.01. The third-order valence-electron chi connectivity index (χ3n) is 5.15. The summed E-state index contributed by atoms with van der Waals surface area (Å²) in [5.41, 5.74) is 0.687. The zero-order chi connectivity index (χ0) is 23.0. The standard InChI is InChI=1S/C21H31N5O4S2/c1-3-26-20(23-24-21(26)31-16-19(27)22-11-8-14-30-4-2)17-9-7-10-18(15-17)32(28,29)25-12-5-6-13-25/h7,9-10,15H,3-6,8,11-14,16H2,1-2H3,(H,22,27). The molecule has 0 saturated carbocycles. The molecule has 1 aliphatic rings. The van der Waals surface area contributed by atoms with Crippen LogP contribution in [-0.2, 0) is 26.1 Å². The van der Waals surface area contributed by atoms with Crippen molar-refractivity contribution in [1.29, 1.82) is 0 Å². The molecule has 1 aromatic carbocycles. The van der Waals surface area contributed by atoms with Gasteiger partial charge in [-0.05, 0) is 45.2 Å². The number of hydrogen-bond acceptors (Lipinski definition) is 7. The van der Waals surface area contributed by atoms with Crippen molar-refractivity contribution in [2.45, 2.75) is 49.7 Å². The molecule has 2 aromatic rings. The van der Waals surface area contributed by atoms with E-state index in [0.717, 1.165) is 19.3 Å². The topological polar surface area (TPSA) is 106 Å². The highest BCUT2D eigenvalue weighted by Gasteiger charge is 2.27. The quantitative estimate of drug-likeness (QED) is 0.366. The number of nitrogens with one attached hydrogen (secondary N) is 1. The summed E-state index contributed by atoms with van der Waals surface area (Å²) in [5.74, 6) is 0.749. The van der Waals surface area contributed by atoms with Crippen molar-refractivity contribution in [3.05, 3.63) is 24.3 Å². The average molecular weight is 482 g/mol. The molecule has 1 aliphatic heterocycles. The summed E-state index contributed by atoms with van der Waals surface area (Å²) in [5, 5.41) is 12.0. The van der Waals surface area contributed by atoms with Crippen molar-refractivity contribution >= 4 is 27.7 Å². The molecule has 0 spiro atoms. The molecule has 0 radical (unpaired) electrons. The van der Waals surface area contributed by atoms with Crippen LogP contribution in [0, 0.1) is 0 Å². The fraction of sp³-hybridized carbons (Fsp3) is 0.571. The molecule has 0 aliphatic carbocycles. The van der Waals surface area contributed by atoms with Crippen LogP contribution >= 0.6 is 11.8 Å². The summed E-state index contributed by atoms with van der Waals surface area (Å²) in [4.78, 5) is 12.4. The second-order valence-electron chi connectivity index (χ2n) is 7.38. The summed E-state index contributed by atoms with van der Waals surface area (Å²) >= 11 is 1.31. The van der Waals surface area contributed by atoms with Crippen molar-refractivity contribution in [2.24, 2.45) is 0 Å². The zero-order valence-corrected chi connectivity index (χ0v) is 20.3. The van der Waals surface area contributed by atoms with Gasteiger partial charge in [0.05, 0.1) is 10.6 Å².